The molecular weight excluding hydrogens is 720 g/mol. The van der Waals surface area contributed by atoms with Gasteiger partial charge < -0.3 is 29.6 Å². The molecule has 4 rings (SSSR count). The third-order valence-electron chi connectivity index (χ3n) is 13.1. The molecule has 0 aliphatic carbocycles. The summed E-state index contributed by atoms with van der Waals surface area (Å²) in [6.07, 6.45) is 0.0164. The van der Waals surface area contributed by atoms with Gasteiger partial charge in [0.05, 0.1) is 34.7 Å². The van der Waals surface area contributed by atoms with E-state index in [4.69, 9.17) is 18.9 Å². The molecular formula is C42H72N4O10. The second-order valence-corrected chi connectivity index (χ2v) is 22.0. The summed E-state index contributed by atoms with van der Waals surface area (Å²) in [7, 11) is 0. The minimum Gasteiger partial charge on any atom is -0.461 e. The summed E-state index contributed by atoms with van der Waals surface area (Å²) in [5, 5.41) is 35.0. The molecule has 0 aromatic carbocycles. The molecule has 2 N–H and O–H groups in total. The Morgan fingerprint density at radius 1 is 0.500 bits per heavy atom. The fourth-order valence-electron chi connectivity index (χ4n) is 10.3. The van der Waals surface area contributed by atoms with Crippen molar-refractivity contribution in [1.29, 1.82) is 0 Å². The highest BCUT2D eigenvalue weighted by Gasteiger charge is 2.57. The van der Waals surface area contributed by atoms with Gasteiger partial charge in [-0.05, 0) is 149 Å². The number of carbonyl (C=O) groups excluding carboxylic acids is 4. The van der Waals surface area contributed by atoms with Crippen LogP contribution < -0.4 is 10.6 Å². The van der Waals surface area contributed by atoms with Crippen LogP contribution >= 0.6 is 0 Å². The van der Waals surface area contributed by atoms with Gasteiger partial charge in [0.25, 0.3) is 0 Å². The van der Waals surface area contributed by atoms with Crippen LogP contribution in [0.4, 0.5) is 0 Å². The van der Waals surface area contributed by atoms with Crippen LogP contribution in [0.2, 0.25) is 0 Å². The first-order chi connectivity index (χ1) is 25.2. The van der Waals surface area contributed by atoms with Crippen molar-refractivity contribution in [3.63, 3.8) is 0 Å². The zero-order valence-electron chi connectivity index (χ0n) is 37.1. The van der Waals surface area contributed by atoms with Crippen LogP contribution in [0.25, 0.3) is 0 Å². The number of nitrogens with zero attached hydrogens (tertiary/aromatic N) is 2. The molecule has 14 nitrogen and oxygen atoms in total. The van der Waals surface area contributed by atoms with Crippen LogP contribution in [-0.4, -0.2) is 104 Å². The number of rotatable bonds is 13. The predicted molar refractivity (Wildman–Crippen MR) is 207 cm³/mol. The largest absolute Gasteiger partial charge is 0.461 e. The summed E-state index contributed by atoms with van der Waals surface area (Å²) in [6, 6.07) is 0. The van der Waals surface area contributed by atoms with E-state index < -0.39 is 93.0 Å². The zero-order chi connectivity index (χ0) is 42.8. The van der Waals surface area contributed by atoms with Gasteiger partial charge in [0.2, 0.25) is 0 Å². The molecule has 4 aliphatic rings. The Hall–Kier alpha value is -2.36. The lowest BCUT2D eigenvalue weighted by Crippen LogP contribution is -2.48. The van der Waals surface area contributed by atoms with Gasteiger partial charge in [-0.15, -0.1) is 20.5 Å². The van der Waals surface area contributed by atoms with Crippen molar-refractivity contribution in [2.45, 2.75) is 206 Å². The molecule has 4 saturated heterocycles. The molecule has 14 heteroatoms. The van der Waals surface area contributed by atoms with Gasteiger partial charge in [0.15, 0.2) is 0 Å². The van der Waals surface area contributed by atoms with E-state index in [1.807, 2.05) is 55.4 Å². The fourth-order valence-corrected chi connectivity index (χ4v) is 10.3. The minimum absolute atomic E-state index is 0.111. The van der Waals surface area contributed by atoms with Crippen molar-refractivity contribution in [2.24, 2.45) is 23.7 Å². The van der Waals surface area contributed by atoms with Crippen LogP contribution in [0.3, 0.4) is 0 Å². The van der Waals surface area contributed by atoms with E-state index in [2.05, 4.69) is 10.6 Å². The monoisotopic (exact) mass is 793 g/mol. The Morgan fingerprint density at radius 2 is 0.804 bits per heavy atom. The summed E-state index contributed by atoms with van der Waals surface area (Å²) in [5.41, 5.74) is -5.31. The molecule has 6 atom stereocenters. The maximum Gasteiger partial charge on any atom is 0.311 e. The summed E-state index contributed by atoms with van der Waals surface area (Å²) in [6.45, 7) is 29.4. The summed E-state index contributed by atoms with van der Waals surface area (Å²) < 4.78 is 24.0. The Kier molecular flexibility index (Phi) is 12.7. The van der Waals surface area contributed by atoms with Crippen LogP contribution in [-0.2, 0) is 48.5 Å². The van der Waals surface area contributed by atoms with Crippen LogP contribution in [0.15, 0.2) is 0 Å². The molecule has 6 unspecified atom stereocenters. The molecule has 0 amide bonds. The molecule has 4 heterocycles. The molecule has 2 radical (unpaired) electrons. The van der Waals surface area contributed by atoms with E-state index in [0.29, 0.717) is 25.7 Å². The molecule has 4 aliphatic heterocycles. The van der Waals surface area contributed by atoms with Crippen molar-refractivity contribution < 1.29 is 48.5 Å². The molecule has 0 aromatic rings. The first kappa shape index (κ1) is 46.3. The molecule has 0 saturated carbocycles. The van der Waals surface area contributed by atoms with E-state index in [0.717, 1.165) is 10.1 Å². The van der Waals surface area contributed by atoms with Crippen molar-refractivity contribution >= 4 is 23.9 Å². The predicted octanol–water partition coefficient (Wildman–Crippen LogP) is 5.46. The molecule has 320 valence electrons. The lowest BCUT2D eigenvalue weighted by Gasteiger charge is -2.33. The standard InChI is InChI=1S/C42H72N4O10/c1-35(2)19-27(39(9,10)43-35)33(49)55-25(23-53-31(47)29-21-37(5,6)45(51)41(29,13)14)17-18-26(56-34(50)28-20-36(3,4)44-40(28,11)12)24-54-32(48)30-22-38(7,8)46(52)42(30,15)16/h25-30,43-44H,17-24H2,1-16H3. The van der Waals surface area contributed by atoms with Gasteiger partial charge in [-0.1, -0.05) is 0 Å². The number of hydrogen-bond acceptors (Lipinski definition) is 12. The molecule has 56 heavy (non-hydrogen) atoms. The topological polar surface area (TPSA) is 176 Å². The maximum atomic E-state index is 13.9. The van der Waals surface area contributed by atoms with Gasteiger partial charge >= 0.3 is 23.9 Å². The van der Waals surface area contributed by atoms with Gasteiger partial charge in [-0.2, -0.15) is 0 Å². The van der Waals surface area contributed by atoms with Crippen LogP contribution in [0.5, 0.6) is 0 Å². The summed E-state index contributed by atoms with van der Waals surface area (Å²) in [5.74, 6) is -4.41. The number of hydroxylamine groups is 4. The summed E-state index contributed by atoms with van der Waals surface area (Å²) >= 11 is 0. The Labute approximate surface area is 335 Å². The van der Waals surface area contributed by atoms with E-state index in [1.165, 1.54) is 0 Å². The molecule has 0 aromatic heterocycles. The number of nitrogens with one attached hydrogen (secondary N) is 2. The number of hydrogen-bond donors (Lipinski definition) is 2. The molecule has 0 bridgehead atoms. The normalized spacial score (nSPS) is 31.7. The van der Waals surface area contributed by atoms with Crippen molar-refractivity contribution in [3.05, 3.63) is 0 Å². The lowest BCUT2D eigenvalue weighted by atomic mass is 9.87. The van der Waals surface area contributed by atoms with Crippen molar-refractivity contribution in [1.82, 2.24) is 20.8 Å². The number of carbonyl (C=O) groups is 4. The van der Waals surface area contributed by atoms with Gasteiger partial charge in [-0.25, -0.2) is 0 Å². The number of ether oxygens (including phenoxy) is 4. The molecule has 4 fully saturated rings. The van der Waals surface area contributed by atoms with Crippen LogP contribution in [0, 0.1) is 23.7 Å². The average molecular weight is 793 g/mol. The van der Waals surface area contributed by atoms with Crippen LogP contribution in [0.1, 0.15) is 149 Å². The smallest absolute Gasteiger partial charge is 0.311 e. The van der Waals surface area contributed by atoms with E-state index in [9.17, 15) is 29.6 Å². The fraction of sp³-hybridized carbons (Fsp3) is 0.905. The highest BCUT2D eigenvalue weighted by molar-refractivity contribution is 5.77. The molecule has 0 spiro atoms. The zero-order valence-corrected chi connectivity index (χ0v) is 37.1. The van der Waals surface area contributed by atoms with Gasteiger partial charge in [-0.3, -0.25) is 19.2 Å². The SMILES string of the molecule is CC1(C)CC(C(=O)OC(CCC(COC(=O)C2CC(C)(C)N([O])C2(C)C)OC(=O)C2CC(C)(C)NC2(C)C)COC(=O)C2CC(C)(C)N([O])C2(C)C)C(C)(C)N1. The Bertz CT molecular complexity index is 1390. The second kappa shape index (κ2) is 15.3. The Balaban J connectivity index is 1.56. The third kappa shape index (κ3) is 9.73. The minimum atomic E-state index is -1.01. The van der Waals surface area contributed by atoms with Crippen molar-refractivity contribution in [2.75, 3.05) is 13.2 Å². The average Bonchev–Trinajstić information content (AvgIpc) is 3.55. The van der Waals surface area contributed by atoms with E-state index in [1.54, 1.807) is 55.4 Å². The Morgan fingerprint density at radius 3 is 1.04 bits per heavy atom. The first-order valence-corrected chi connectivity index (χ1v) is 20.4. The van der Waals surface area contributed by atoms with E-state index >= 15 is 0 Å². The quantitative estimate of drug-likeness (QED) is 0.178. The summed E-state index contributed by atoms with van der Waals surface area (Å²) in [4.78, 5) is 55.0. The maximum absolute atomic E-state index is 13.9. The van der Waals surface area contributed by atoms with Crippen molar-refractivity contribution in [3.8, 4) is 0 Å². The van der Waals surface area contributed by atoms with E-state index in [-0.39, 0.29) is 37.1 Å². The lowest BCUT2D eigenvalue weighted by molar-refractivity contribution is -0.249. The third-order valence-corrected chi connectivity index (χ3v) is 13.1. The number of esters is 4. The second-order valence-electron chi connectivity index (χ2n) is 22.0. The highest BCUT2D eigenvalue weighted by Crippen LogP contribution is 2.46. The first-order valence-electron chi connectivity index (χ1n) is 20.4. The highest BCUT2D eigenvalue weighted by atomic mass is 16.6. The van der Waals surface area contributed by atoms with Gasteiger partial charge in [0, 0.05) is 33.2 Å². The van der Waals surface area contributed by atoms with Gasteiger partial charge in [0.1, 0.15) is 25.4 Å².